The van der Waals surface area contributed by atoms with E-state index in [1.54, 1.807) is 0 Å². The zero-order chi connectivity index (χ0) is 23.8. The third kappa shape index (κ3) is 6.78. The molecular formula is C27H32N4O3. The Morgan fingerprint density at radius 2 is 1.71 bits per heavy atom. The van der Waals surface area contributed by atoms with Gasteiger partial charge in [-0.05, 0) is 61.2 Å². The van der Waals surface area contributed by atoms with Crippen LogP contribution in [0.1, 0.15) is 41.4 Å². The third-order valence-corrected chi connectivity index (χ3v) is 6.17. The van der Waals surface area contributed by atoms with E-state index in [1.807, 2.05) is 30.3 Å². The second-order valence-electron chi connectivity index (χ2n) is 8.90. The number of nitrogens with zero attached hydrogens (tertiary/aromatic N) is 3. The highest BCUT2D eigenvalue weighted by atomic mass is 16.5. The van der Waals surface area contributed by atoms with Crippen molar-refractivity contribution in [1.82, 2.24) is 20.0 Å². The molecule has 0 unspecified atom stereocenters. The number of hydrogen-bond donors (Lipinski definition) is 1. The predicted molar refractivity (Wildman–Crippen MR) is 132 cm³/mol. The highest BCUT2D eigenvalue weighted by Crippen LogP contribution is 2.18. The van der Waals surface area contributed by atoms with Crippen LogP contribution in [0.15, 0.2) is 71.5 Å². The molecule has 1 amide bonds. The monoisotopic (exact) mass is 460 g/mol. The fourth-order valence-electron chi connectivity index (χ4n) is 4.01. The normalized spacial score (nSPS) is 14.6. The first kappa shape index (κ1) is 23.7. The molecule has 2 heterocycles. The molecule has 0 bridgehead atoms. The molecule has 7 nitrogen and oxygen atoms in total. The molecular weight excluding hydrogens is 428 g/mol. The van der Waals surface area contributed by atoms with Gasteiger partial charge in [0.15, 0.2) is 0 Å². The molecule has 2 aromatic carbocycles. The Labute approximate surface area is 200 Å². The number of carbonyl (C=O) groups excluding carboxylic acids is 1. The van der Waals surface area contributed by atoms with Crippen molar-refractivity contribution in [3.63, 3.8) is 0 Å². The molecule has 1 fully saturated rings. The molecule has 4 rings (SSSR count). The molecule has 178 valence electrons. The van der Waals surface area contributed by atoms with Crippen molar-refractivity contribution in [1.29, 1.82) is 0 Å². The van der Waals surface area contributed by atoms with Crippen molar-refractivity contribution in [2.75, 3.05) is 19.7 Å². The SMILES string of the molecule is CC1CCN(Cc2ccc(CNC(=O)c3ccc(=O)n(CCOc4ccccc4)n3)cc2)CC1. The standard InChI is InChI=1S/C27H32N4O3/c1-21-13-15-30(16-14-21)20-23-9-7-22(8-10-23)19-28-27(33)25-11-12-26(32)31(29-25)17-18-34-24-5-3-2-4-6-24/h2-12,21H,13-20H2,1H3,(H,28,33). The second kappa shape index (κ2) is 11.6. The van der Waals surface area contributed by atoms with Crippen LogP contribution in [0.5, 0.6) is 5.75 Å². The van der Waals surface area contributed by atoms with Gasteiger partial charge in [0.1, 0.15) is 18.1 Å². The number of benzene rings is 2. The van der Waals surface area contributed by atoms with Gasteiger partial charge in [-0.15, -0.1) is 0 Å². The first-order valence-corrected chi connectivity index (χ1v) is 11.9. The maximum atomic E-state index is 12.6. The Hall–Kier alpha value is -3.45. The number of carbonyl (C=O) groups is 1. The lowest BCUT2D eigenvalue weighted by Gasteiger charge is -2.30. The zero-order valence-corrected chi connectivity index (χ0v) is 19.7. The first-order valence-electron chi connectivity index (χ1n) is 11.9. The van der Waals surface area contributed by atoms with Crippen molar-refractivity contribution < 1.29 is 9.53 Å². The highest BCUT2D eigenvalue weighted by molar-refractivity contribution is 5.91. The molecule has 34 heavy (non-hydrogen) atoms. The number of aromatic nitrogens is 2. The summed E-state index contributed by atoms with van der Waals surface area (Å²) in [4.78, 5) is 27.2. The van der Waals surface area contributed by atoms with Gasteiger partial charge in [0.05, 0.1) is 6.54 Å². The van der Waals surface area contributed by atoms with E-state index in [0.717, 1.165) is 36.9 Å². The Bertz CT molecular complexity index is 1120. The number of piperidine rings is 1. The van der Waals surface area contributed by atoms with Gasteiger partial charge in [-0.3, -0.25) is 14.5 Å². The van der Waals surface area contributed by atoms with Crippen molar-refractivity contribution in [2.24, 2.45) is 5.92 Å². The molecule has 1 aromatic heterocycles. The van der Waals surface area contributed by atoms with Gasteiger partial charge >= 0.3 is 0 Å². The summed E-state index contributed by atoms with van der Waals surface area (Å²) in [6, 6.07) is 20.5. The van der Waals surface area contributed by atoms with Crippen molar-refractivity contribution in [3.8, 4) is 5.75 Å². The molecule has 1 saturated heterocycles. The number of amides is 1. The molecule has 1 aliphatic rings. The van der Waals surface area contributed by atoms with Crippen LogP contribution in [0.3, 0.4) is 0 Å². The Balaban J connectivity index is 1.27. The van der Waals surface area contributed by atoms with E-state index in [4.69, 9.17) is 4.74 Å². The molecule has 0 radical (unpaired) electrons. The first-order chi connectivity index (χ1) is 16.6. The molecule has 0 aliphatic carbocycles. The van der Waals surface area contributed by atoms with E-state index in [-0.39, 0.29) is 30.3 Å². The fourth-order valence-corrected chi connectivity index (χ4v) is 4.01. The Kier molecular flexibility index (Phi) is 8.09. The summed E-state index contributed by atoms with van der Waals surface area (Å²) in [5, 5.41) is 7.10. The highest BCUT2D eigenvalue weighted by Gasteiger charge is 2.15. The largest absolute Gasteiger partial charge is 0.492 e. The van der Waals surface area contributed by atoms with Gasteiger partial charge in [0.2, 0.25) is 0 Å². The van der Waals surface area contributed by atoms with Gasteiger partial charge in [-0.25, -0.2) is 4.68 Å². The minimum absolute atomic E-state index is 0.204. The van der Waals surface area contributed by atoms with Crippen LogP contribution < -0.4 is 15.6 Å². The van der Waals surface area contributed by atoms with Gasteiger partial charge in [0, 0.05) is 19.2 Å². The summed E-state index contributed by atoms with van der Waals surface area (Å²) in [5.74, 6) is 1.24. The average Bonchev–Trinajstić information content (AvgIpc) is 2.86. The lowest BCUT2D eigenvalue weighted by atomic mass is 9.99. The number of likely N-dealkylation sites (tertiary alicyclic amines) is 1. The fraction of sp³-hybridized carbons (Fsp3) is 0.370. The number of para-hydroxylation sites is 1. The van der Waals surface area contributed by atoms with E-state index in [9.17, 15) is 9.59 Å². The zero-order valence-electron chi connectivity index (χ0n) is 19.7. The summed E-state index contributed by atoms with van der Waals surface area (Å²) in [6.07, 6.45) is 2.54. The van der Waals surface area contributed by atoms with Crippen LogP contribution in [0, 0.1) is 5.92 Å². The van der Waals surface area contributed by atoms with E-state index >= 15 is 0 Å². The lowest BCUT2D eigenvalue weighted by molar-refractivity contribution is 0.0943. The van der Waals surface area contributed by atoms with E-state index in [1.165, 1.54) is 35.2 Å². The molecule has 0 saturated carbocycles. The number of ether oxygens (including phenoxy) is 1. The lowest BCUT2D eigenvalue weighted by Crippen LogP contribution is -2.32. The minimum Gasteiger partial charge on any atom is -0.492 e. The Morgan fingerprint density at radius 3 is 2.44 bits per heavy atom. The molecule has 0 atom stereocenters. The molecule has 0 spiro atoms. The number of nitrogens with one attached hydrogen (secondary N) is 1. The predicted octanol–water partition coefficient (Wildman–Crippen LogP) is 3.48. The van der Waals surface area contributed by atoms with Gasteiger partial charge < -0.3 is 10.1 Å². The number of hydrogen-bond acceptors (Lipinski definition) is 5. The average molecular weight is 461 g/mol. The molecule has 1 aliphatic heterocycles. The topological polar surface area (TPSA) is 76.5 Å². The van der Waals surface area contributed by atoms with E-state index < -0.39 is 0 Å². The number of rotatable bonds is 9. The van der Waals surface area contributed by atoms with Crippen LogP contribution in [-0.2, 0) is 19.6 Å². The molecule has 7 heteroatoms. The van der Waals surface area contributed by atoms with Crippen LogP contribution in [0.25, 0.3) is 0 Å². The summed E-state index contributed by atoms with van der Waals surface area (Å²) in [7, 11) is 0. The van der Waals surface area contributed by atoms with Crippen LogP contribution in [0.4, 0.5) is 0 Å². The van der Waals surface area contributed by atoms with Gasteiger partial charge in [0.25, 0.3) is 11.5 Å². The summed E-state index contributed by atoms with van der Waals surface area (Å²) < 4.78 is 6.89. The summed E-state index contributed by atoms with van der Waals surface area (Å²) in [6.45, 7) is 6.55. The maximum absolute atomic E-state index is 12.6. The third-order valence-electron chi connectivity index (χ3n) is 6.17. The van der Waals surface area contributed by atoms with Crippen LogP contribution >= 0.6 is 0 Å². The minimum atomic E-state index is -0.316. The van der Waals surface area contributed by atoms with Crippen molar-refractivity contribution in [2.45, 2.75) is 39.4 Å². The van der Waals surface area contributed by atoms with Crippen molar-refractivity contribution in [3.05, 3.63) is 93.9 Å². The quantitative estimate of drug-likeness (QED) is 0.529. The van der Waals surface area contributed by atoms with Crippen LogP contribution in [0.2, 0.25) is 0 Å². The maximum Gasteiger partial charge on any atom is 0.271 e. The van der Waals surface area contributed by atoms with Gasteiger partial charge in [-0.1, -0.05) is 49.4 Å². The van der Waals surface area contributed by atoms with E-state index in [2.05, 4.69) is 46.5 Å². The molecule has 3 aromatic rings. The smallest absolute Gasteiger partial charge is 0.271 e. The van der Waals surface area contributed by atoms with E-state index in [0.29, 0.717) is 6.54 Å². The summed E-state index contributed by atoms with van der Waals surface area (Å²) in [5.41, 5.74) is 2.24. The van der Waals surface area contributed by atoms with Crippen molar-refractivity contribution >= 4 is 5.91 Å². The van der Waals surface area contributed by atoms with Gasteiger partial charge in [-0.2, -0.15) is 5.10 Å². The molecule has 1 N–H and O–H groups in total. The van der Waals surface area contributed by atoms with Crippen LogP contribution in [-0.4, -0.2) is 40.3 Å². The summed E-state index contributed by atoms with van der Waals surface area (Å²) >= 11 is 0. The second-order valence-corrected chi connectivity index (χ2v) is 8.90. The Morgan fingerprint density at radius 1 is 1.00 bits per heavy atom.